The summed E-state index contributed by atoms with van der Waals surface area (Å²) in [5.41, 5.74) is 1.59. The van der Waals surface area contributed by atoms with Crippen LogP contribution in [0.15, 0.2) is 18.3 Å². The van der Waals surface area contributed by atoms with Crippen LogP contribution in [0.1, 0.15) is 55.8 Å². The van der Waals surface area contributed by atoms with Gasteiger partial charge in [-0.05, 0) is 44.4 Å². The molecule has 0 radical (unpaired) electrons. The van der Waals surface area contributed by atoms with Crippen molar-refractivity contribution in [2.24, 2.45) is 0 Å². The molecule has 1 atom stereocenters. The van der Waals surface area contributed by atoms with Crippen LogP contribution in [0.2, 0.25) is 0 Å². The van der Waals surface area contributed by atoms with E-state index in [4.69, 9.17) is 0 Å². The molecule has 0 unspecified atom stereocenters. The molecule has 24 heavy (non-hydrogen) atoms. The van der Waals surface area contributed by atoms with Gasteiger partial charge in [-0.2, -0.15) is 5.26 Å². The molecule has 5 nitrogen and oxygen atoms in total. The summed E-state index contributed by atoms with van der Waals surface area (Å²) < 4.78 is 0. The molecule has 0 spiro atoms. The van der Waals surface area contributed by atoms with Gasteiger partial charge in [0, 0.05) is 35.5 Å². The lowest BCUT2D eigenvalue weighted by Gasteiger charge is -2.24. The van der Waals surface area contributed by atoms with E-state index in [0.29, 0.717) is 17.7 Å². The maximum Gasteiger partial charge on any atom is 0.141 e. The Morgan fingerprint density at radius 1 is 1.17 bits per heavy atom. The summed E-state index contributed by atoms with van der Waals surface area (Å²) in [4.78, 5) is 9.23. The van der Waals surface area contributed by atoms with Gasteiger partial charge in [0.15, 0.2) is 0 Å². The van der Waals surface area contributed by atoms with Crippen LogP contribution in [0.3, 0.4) is 0 Å². The van der Waals surface area contributed by atoms with Crippen molar-refractivity contribution < 1.29 is 0 Å². The summed E-state index contributed by atoms with van der Waals surface area (Å²) in [6.45, 7) is 2.09. The minimum atomic E-state index is 0.435. The molecule has 0 aromatic carbocycles. The Labute approximate surface area is 142 Å². The van der Waals surface area contributed by atoms with E-state index in [1.165, 1.54) is 38.5 Å². The number of rotatable bonds is 3. The Bertz CT molecular complexity index is 767. The van der Waals surface area contributed by atoms with Crippen LogP contribution in [0.4, 0.5) is 5.82 Å². The van der Waals surface area contributed by atoms with Crippen molar-refractivity contribution in [3.05, 3.63) is 29.7 Å². The maximum absolute atomic E-state index is 9.28. The molecule has 2 aromatic rings. The summed E-state index contributed by atoms with van der Waals surface area (Å²) in [6.07, 6.45) is 9.13. The van der Waals surface area contributed by atoms with E-state index in [-0.39, 0.29) is 0 Å². The van der Waals surface area contributed by atoms with Crippen molar-refractivity contribution in [1.29, 1.82) is 5.26 Å². The van der Waals surface area contributed by atoms with Gasteiger partial charge in [0.05, 0.1) is 5.69 Å². The molecule has 2 aliphatic rings. The topological polar surface area (TPSA) is 73.6 Å². The molecule has 1 saturated heterocycles. The number of nitriles is 1. The standard InChI is InChI=1S/C19H23N5/c20-10-16-8-14-11-22-18(23-15-6-3-7-21-12-15)9-17(14)19(24-16)13-4-1-2-5-13/h8-9,11,13,15,21H,1-7,12H2,(H,22,23)/t15-/m0/s1. The summed E-state index contributed by atoms with van der Waals surface area (Å²) in [7, 11) is 0. The first-order valence-electron chi connectivity index (χ1n) is 9.01. The Kier molecular flexibility index (Phi) is 4.31. The monoisotopic (exact) mass is 321 g/mol. The molecule has 2 fully saturated rings. The van der Waals surface area contributed by atoms with Crippen molar-refractivity contribution >= 4 is 16.6 Å². The predicted molar refractivity (Wildman–Crippen MR) is 95.0 cm³/mol. The van der Waals surface area contributed by atoms with Gasteiger partial charge in [-0.1, -0.05) is 12.8 Å². The molecule has 0 bridgehead atoms. The summed E-state index contributed by atoms with van der Waals surface area (Å²) in [5, 5.41) is 18.4. The van der Waals surface area contributed by atoms with E-state index in [0.717, 1.165) is 35.4 Å². The van der Waals surface area contributed by atoms with Crippen molar-refractivity contribution in [2.75, 3.05) is 18.4 Å². The van der Waals surface area contributed by atoms with Gasteiger partial charge < -0.3 is 10.6 Å². The first-order chi connectivity index (χ1) is 11.8. The van der Waals surface area contributed by atoms with Crippen LogP contribution < -0.4 is 10.6 Å². The lowest BCUT2D eigenvalue weighted by atomic mass is 9.97. The number of nitrogens with zero attached hydrogens (tertiary/aromatic N) is 3. The van der Waals surface area contributed by atoms with Crippen molar-refractivity contribution in [1.82, 2.24) is 15.3 Å². The maximum atomic E-state index is 9.28. The van der Waals surface area contributed by atoms with E-state index >= 15 is 0 Å². The highest BCUT2D eigenvalue weighted by Gasteiger charge is 2.22. The second kappa shape index (κ2) is 6.74. The molecular formula is C19H23N5. The van der Waals surface area contributed by atoms with Crippen molar-refractivity contribution in [2.45, 2.75) is 50.5 Å². The number of nitrogens with one attached hydrogen (secondary N) is 2. The first kappa shape index (κ1) is 15.3. The number of hydrogen-bond acceptors (Lipinski definition) is 5. The molecule has 5 heteroatoms. The van der Waals surface area contributed by atoms with Gasteiger partial charge in [-0.15, -0.1) is 0 Å². The molecule has 1 aliphatic heterocycles. The highest BCUT2D eigenvalue weighted by Crippen LogP contribution is 2.37. The van der Waals surface area contributed by atoms with Crippen LogP contribution in [0, 0.1) is 11.3 Å². The van der Waals surface area contributed by atoms with Gasteiger partial charge in [-0.3, -0.25) is 0 Å². The zero-order valence-corrected chi connectivity index (χ0v) is 13.9. The molecule has 4 rings (SSSR count). The minimum Gasteiger partial charge on any atom is -0.366 e. The van der Waals surface area contributed by atoms with Crippen LogP contribution in [-0.4, -0.2) is 29.1 Å². The van der Waals surface area contributed by atoms with Crippen LogP contribution in [0.5, 0.6) is 0 Å². The zero-order valence-electron chi connectivity index (χ0n) is 13.9. The SMILES string of the molecule is N#Cc1cc2cnc(N[C@H]3CCCNC3)cc2c(C2CCCC2)n1. The highest BCUT2D eigenvalue weighted by atomic mass is 15.1. The number of fused-ring (bicyclic) bond motifs is 1. The third-order valence-electron chi connectivity index (χ3n) is 5.25. The molecule has 124 valence electrons. The van der Waals surface area contributed by atoms with E-state index in [1.54, 1.807) is 0 Å². The zero-order chi connectivity index (χ0) is 16.4. The quantitative estimate of drug-likeness (QED) is 0.907. The number of anilines is 1. The van der Waals surface area contributed by atoms with Gasteiger partial charge in [0.2, 0.25) is 0 Å². The molecule has 1 saturated carbocycles. The summed E-state index contributed by atoms with van der Waals surface area (Å²) in [6, 6.07) is 6.62. The molecule has 0 amide bonds. The molecule has 3 heterocycles. The lowest BCUT2D eigenvalue weighted by molar-refractivity contribution is 0.479. The average molecular weight is 321 g/mol. The number of pyridine rings is 2. The number of piperidine rings is 1. The van der Waals surface area contributed by atoms with E-state index in [1.807, 2.05) is 12.3 Å². The fraction of sp³-hybridized carbons (Fsp3) is 0.526. The number of hydrogen-bond donors (Lipinski definition) is 2. The Balaban J connectivity index is 1.71. The van der Waals surface area contributed by atoms with Gasteiger partial charge >= 0.3 is 0 Å². The highest BCUT2D eigenvalue weighted by molar-refractivity contribution is 5.87. The normalized spacial score (nSPS) is 21.7. The van der Waals surface area contributed by atoms with Crippen LogP contribution in [-0.2, 0) is 0 Å². The fourth-order valence-corrected chi connectivity index (χ4v) is 4.00. The van der Waals surface area contributed by atoms with Gasteiger partial charge in [-0.25, -0.2) is 9.97 Å². The van der Waals surface area contributed by atoms with Crippen LogP contribution >= 0.6 is 0 Å². The predicted octanol–water partition coefficient (Wildman–Crippen LogP) is 3.32. The summed E-state index contributed by atoms with van der Waals surface area (Å²) in [5.74, 6) is 1.40. The Hall–Kier alpha value is -2.19. The lowest BCUT2D eigenvalue weighted by Crippen LogP contribution is -2.38. The molecular weight excluding hydrogens is 298 g/mol. The second-order valence-corrected chi connectivity index (χ2v) is 6.96. The molecule has 1 aliphatic carbocycles. The van der Waals surface area contributed by atoms with Crippen molar-refractivity contribution in [3.63, 3.8) is 0 Å². The minimum absolute atomic E-state index is 0.435. The van der Waals surface area contributed by atoms with E-state index in [2.05, 4.69) is 32.7 Å². The Morgan fingerprint density at radius 2 is 2.04 bits per heavy atom. The fourth-order valence-electron chi connectivity index (χ4n) is 4.00. The second-order valence-electron chi connectivity index (χ2n) is 6.96. The van der Waals surface area contributed by atoms with Gasteiger partial charge in [0.25, 0.3) is 0 Å². The third-order valence-corrected chi connectivity index (χ3v) is 5.25. The van der Waals surface area contributed by atoms with Gasteiger partial charge in [0.1, 0.15) is 17.6 Å². The smallest absolute Gasteiger partial charge is 0.141 e. The third kappa shape index (κ3) is 3.07. The van der Waals surface area contributed by atoms with Crippen molar-refractivity contribution in [3.8, 4) is 6.07 Å². The van der Waals surface area contributed by atoms with Crippen LogP contribution in [0.25, 0.3) is 10.8 Å². The molecule has 2 N–H and O–H groups in total. The largest absolute Gasteiger partial charge is 0.366 e. The first-order valence-corrected chi connectivity index (χ1v) is 9.01. The number of aromatic nitrogens is 2. The summed E-state index contributed by atoms with van der Waals surface area (Å²) >= 11 is 0. The average Bonchev–Trinajstić information content (AvgIpc) is 3.16. The Morgan fingerprint density at radius 3 is 2.79 bits per heavy atom. The molecule has 2 aromatic heterocycles. The van der Waals surface area contributed by atoms with E-state index < -0.39 is 0 Å². The van der Waals surface area contributed by atoms with E-state index in [9.17, 15) is 5.26 Å².